The van der Waals surface area contributed by atoms with E-state index >= 15 is 0 Å². The van der Waals surface area contributed by atoms with E-state index in [1.807, 2.05) is 0 Å². The third-order valence-electron chi connectivity index (χ3n) is 4.79. The summed E-state index contributed by atoms with van der Waals surface area (Å²) < 4.78 is 43.1. The molecule has 2 N–H and O–H groups in total. The molecule has 1 aliphatic rings. The fourth-order valence-corrected chi connectivity index (χ4v) is 3.53. The van der Waals surface area contributed by atoms with Gasteiger partial charge in [-0.3, -0.25) is 4.79 Å². The van der Waals surface area contributed by atoms with Crippen molar-refractivity contribution in [2.45, 2.75) is 37.9 Å². The molecule has 0 spiro atoms. The third-order valence-corrected chi connectivity index (χ3v) is 5.14. The molecule has 1 aliphatic carbocycles. The smallest absolute Gasteiger partial charge is 0.396 e. The number of nitrogens with zero attached hydrogens (tertiary/aromatic N) is 1. The topological polar surface area (TPSA) is 75.4 Å². The van der Waals surface area contributed by atoms with Crippen LogP contribution in [-0.4, -0.2) is 28.8 Å². The van der Waals surface area contributed by atoms with Crippen molar-refractivity contribution in [2.24, 2.45) is 5.92 Å². The van der Waals surface area contributed by atoms with Crippen LogP contribution in [0.2, 0.25) is 5.02 Å². The maximum Gasteiger partial charge on any atom is 0.416 e. The van der Waals surface area contributed by atoms with Crippen molar-refractivity contribution < 1.29 is 27.6 Å². The number of rotatable bonds is 4. The van der Waals surface area contributed by atoms with Crippen LogP contribution in [0.5, 0.6) is 0 Å². The van der Waals surface area contributed by atoms with E-state index in [0.717, 1.165) is 37.8 Å². The number of hydrogen-bond donors (Lipinski definition) is 2. The van der Waals surface area contributed by atoms with Crippen molar-refractivity contribution in [2.75, 3.05) is 6.61 Å². The predicted molar refractivity (Wildman–Crippen MR) is 92.2 cm³/mol. The van der Waals surface area contributed by atoms with Gasteiger partial charge in [0.05, 0.1) is 5.56 Å². The minimum Gasteiger partial charge on any atom is -0.396 e. The maximum atomic E-state index is 12.7. The molecular formula is C18H18ClF3N2O3. The van der Waals surface area contributed by atoms with Gasteiger partial charge in [0.2, 0.25) is 0 Å². The van der Waals surface area contributed by atoms with Gasteiger partial charge in [-0.25, -0.2) is 0 Å². The number of nitrogens with one attached hydrogen (secondary N) is 1. The summed E-state index contributed by atoms with van der Waals surface area (Å²) in [4.78, 5) is 12.5. The monoisotopic (exact) mass is 402 g/mol. The van der Waals surface area contributed by atoms with Crippen LogP contribution in [-0.2, 0) is 6.18 Å². The number of carbonyl (C=O) groups excluding carboxylic acids is 1. The molecule has 9 heteroatoms. The Hall–Kier alpha value is -2.06. The Labute approximate surface area is 158 Å². The number of hydrogen-bond acceptors (Lipinski definition) is 4. The van der Waals surface area contributed by atoms with Crippen LogP contribution in [0.1, 0.15) is 41.7 Å². The molecule has 0 aliphatic heterocycles. The van der Waals surface area contributed by atoms with Crippen LogP contribution in [0.15, 0.2) is 28.8 Å². The van der Waals surface area contributed by atoms with Crippen molar-refractivity contribution in [1.29, 1.82) is 0 Å². The highest BCUT2D eigenvalue weighted by Gasteiger charge is 2.31. The van der Waals surface area contributed by atoms with Gasteiger partial charge in [-0.1, -0.05) is 41.7 Å². The molecule has 1 aromatic carbocycles. The second-order valence-corrected chi connectivity index (χ2v) is 6.93. The molecule has 2 aromatic rings. The zero-order valence-electron chi connectivity index (χ0n) is 14.2. The van der Waals surface area contributed by atoms with Crippen LogP contribution in [0, 0.1) is 5.92 Å². The number of aliphatic hydroxyl groups is 1. The highest BCUT2D eigenvalue weighted by atomic mass is 35.5. The molecule has 0 saturated heterocycles. The lowest BCUT2D eigenvalue weighted by Crippen LogP contribution is -2.43. The Morgan fingerprint density at radius 1 is 1.26 bits per heavy atom. The first-order chi connectivity index (χ1) is 12.8. The van der Waals surface area contributed by atoms with Crippen LogP contribution in [0.4, 0.5) is 13.2 Å². The lowest BCUT2D eigenvalue weighted by atomic mass is 9.85. The van der Waals surface area contributed by atoms with Gasteiger partial charge in [-0.2, -0.15) is 13.2 Å². The number of alkyl halides is 3. The van der Waals surface area contributed by atoms with E-state index < -0.39 is 17.6 Å². The molecule has 3 rings (SSSR count). The molecule has 27 heavy (non-hydrogen) atoms. The molecule has 0 bridgehead atoms. The van der Waals surface area contributed by atoms with E-state index in [1.54, 1.807) is 0 Å². The minimum absolute atomic E-state index is 0.0195. The highest BCUT2D eigenvalue weighted by Crippen LogP contribution is 2.34. The average molecular weight is 403 g/mol. The summed E-state index contributed by atoms with van der Waals surface area (Å²) in [6.07, 6.45) is -0.924. The van der Waals surface area contributed by atoms with Gasteiger partial charge in [-0.05, 0) is 25.0 Å². The second kappa shape index (κ2) is 7.90. The van der Waals surface area contributed by atoms with Gasteiger partial charge in [0, 0.05) is 24.1 Å². The molecule has 1 fully saturated rings. The fourth-order valence-electron chi connectivity index (χ4n) is 3.26. The molecule has 1 saturated carbocycles. The van der Waals surface area contributed by atoms with Crippen LogP contribution < -0.4 is 5.32 Å². The van der Waals surface area contributed by atoms with E-state index in [0.29, 0.717) is 0 Å². The maximum absolute atomic E-state index is 12.7. The van der Waals surface area contributed by atoms with E-state index in [1.165, 1.54) is 12.1 Å². The predicted octanol–water partition coefficient (Wildman–Crippen LogP) is 4.29. The molecule has 1 amide bonds. The Bertz CT molecular complexity index is 805. The first-order valence-electron chi connectivity index (χ1n) is 8.55. The summed E-state index contributed by atoms with van der Waals surface area (Å²) in [6.45, 7) is -0.0195. The first kappa shape index (κ1) is 19.7. The summed E-state index contributed by atoms with van der Waals surface area (Å²) >= 11 is 6.18. The fraction of sp³-hybridized carbons (Fsp3) is 0.444. The second-order valence-electron chi connectivity index (χ2n) is 6.56. The van der Waals surface area contributed by atoms with E-state index in [4.69, 9.17) is 16.1 Å². The van der Waals surface area contributed by atoms with Gasteiger partial charge in [0.15, 0.2) is 11.5 Å². The van der Waals surface area contributed by atoms with E-state index in [9.17, 15) is 23.1 Å². The largest absolute Gasteiger partial charge is 0.416 e. The molecule has 0 radical (unpaired) electrons. The number of amides is 1. The quantitative estimate of drug-likeness (QED) is 0.799. The minimum atomic E-state index is -4.45. The molecular weight excluding hydrogens is 385 g/mol. The number of aromatic nitrogens is 1. The van der Waals surface area contributed by atoms with Crippen LogP contribution in [0.3, 0.4) is 0 Å². The lowest BCUT2D eigenvalue weighted by Gasteiger charge is -2.30. The van der Waals surface area contributed by atoms with Crippen LogP contribution in [0.25, 0.3) is 11.3 Å². The SMILES string of the molecule is O=C(N[C@@H]1CCCC[C@H]1CO)c1noc(-c2ccc(C(F)(F)F)cc2)c1Cl. The third kappa shape index (κ3) is 4.27. The standard InChI is InChI=1S/C18H18ClF3N2O3/c19-14-15(17(26)23-13-4-2-1-3-11(13)9-25)24-27-16(14)10-5-7-12(8-6-10)18(20,21)22/h5-8,11,13,25H,1-4,9H2,(H,23,26)/t11-,13+/m0/s1. The summed E-state index contributed by atoms with van der Waals surface area (Å²) in [7, 11) is 0. The van der Waals surface area contributed by atoms with Crippen molar-refractivity contribution >= 4 is 17.5 Å². The number of benzene rings is 1. The van der Waals surface area contributed by atoms with E-state index in [-0.39, 0.29) is 40.6 Å². The number of halogens is 4. The van der Waals surface area contributed by atoms with Gasteiger partial charge in [0.25, 0.3) is 5.91 Å². The normalized spacial score (nSPS) is 20.5. The van der Waals surface area contributed by atoms with Gasteiger partial charge in [0.1, 0.15) is 5.02 Å². The molecule has 5 nitrogen and oxygen atoms in total. The zero-order chi connectivity index (χ0) is 19.6. The highest BCUT2D eigenvalue weighted by molar-refractivity contribution is 6.35. The van der Waals surface area contributed by atoms with Crippen LogP contribution >= 0.6 is 11.6 Å². The summed E-state index contributed by atoms with van der Waals surface area (Å²) in [5.41, 5.74) is -0.647. The Balaban J connectivity index is 1.77. The number of carbonyl (C=O) groups is 1. The molecule has 1 heterocycles. The molecule has 0 unspecified atom stereocenters. The van der Waals surface area contributed by atoms with Crippen molar-refractivity contribution in [3.8, 4) is 11.3 Å². The van der Waals surface area contributed by atoms with Crippen molar-refractivity contribution in [3.63, 3.8) is 0 Å². The molecule has 1 aromatic heterocycles. The summed E-state index contributed by atoms with van der Waals surface area (Å²) in [6, 6.07) is 4.04. The van der Waals surface area contributed by atoms with Crippen molar-refractivity contribution in [3.05, 3.63) is 40.5 Å². The van der Waals surface area contributed by atoms with Crippen molar-refractivity contribution in [1.82, 2.24) is 10.5 Å². The first-order valence-corrected chi connectivity index (χ1v) is 8.93. The molecule has 146 valence electrons. The summed E-state index contributed by atoms with van der Waals surface area (Å²) in [5, 5.41) is 15.9. The van der Waals surface area contributed by atoms with Gasteiger partial charge in [-0.15, -0.1) is 0 Å². The lowest BCUT2D eigenvalue weighted by molar-refractivity contribution is -0.137. The van der Waals surface area contributed by atoms with E-state index in [2.05, 4.69) is 10.5 Å². The van der Waals surface area contributed by atoms with Gasteiger partial charge >= 0.3 is 6.18 Å². The van der Waals surface area contributed by atoms with Gasteiger partial charge < -0.3 is 14.9 Å². The Morgan fingerprint density at radius 3 is 2.56 bits per heavy atom. The number of aliphatic hydroxyl groups excluding tert-OH is 1. The zero-order valence-corrected chi connectivity index (χ0v) is 15.0. The Morgan fingerprint density at radius 2 is 1.93 bits per heavy atom. The molecule has 2 atom stereocenters. The summed E-state index contributed by atoms with van der Waals surface area (Å²) in [5.74, 6) is -0.534. The Kier molecular flexibility index (Phi) is 5.76. The average Bonchev–Trinajstić information content (AvgIpc) is 3.03.